The Labute approximate surface area is 211 Å². The van der Waals surface area contributed by atoms with Crippen LogP contribution in [0.15, 0.2) is 46.3 Å². The van der Waals surface area contributed by atoms with E-state index in [0.29, 0.717) is 18.3 Å². The number of allylic oxidation sites excluding steroid dienone is 7. The molecule has 190 valence electrons. The molecule has 3 saturated carbocycles. The number of carbonyl (C=O) groups excluding carboxylic acids is 2. The summed E-state index contributed by atoms with van der Waals surface area (Å²) in [4.78, 5) is 25.6. The fourth-order valence-electron chi connectivity index (χ4n) is 9.00. The predicted octanol–water partition coefficient (Wildman–Crippen LogP) is 6.58. The molecule has 4 nitrogen and oxygen atoms in total. The van der Waals surface area contributed by atoms with Gasteiger partial charge in [-0.05, 0) is 98.2 Å². The molecule has 2 N–H and O–H groups in total. The Hall–Kier alpha value is -2.10. The Morgan fingerprint density at radius 2 is 1.71 bits per heavy atom. The zero-order valence-electron chi connectivity index (χ0n) is 22.8. The van der Waals surface area contributed by atoms with Crippen molar-refractivity contribution in [1.29, 1.82) is 0 Å². The van der Waals surface area contributed by atoms with Crippen LogP contribution in [0.5, 0.6) is 0 Å². The summed E-state index contributed by atoms with van der Waals surface area (Å²) in [5.74, 6) is 0.803. The van der Waals surface area contributed by atoms with Gasteiger partial charge in [-0.1, -0.05) is 52.3 Å². The van der Waals surface area contributed by atoms with Gasteiger partial charge in [-0.15, -0.1) is 0 Å². The summed E-state index contributed by atoms with van der Waals surface area (Å²) >= 11 is 0. The number of carbonyl (C=O) groups is 2. The minimum Gasteiger partial charge on any atom is -0.489 e. The van der Waals surface area contributed by atoms with Crippen molar-refractivity contribution in [1.82, 2.24) is 0 Å². The summed E-state index contributed by atoms with van der Waals surface area (Å²) in [5.41, 5.74) is 10.5. The summed E-state index contributed by atoms with van der Waals surface area (Å²) < 4.78 is 5.74. The number of ketones is 1. The predicted molar refractivity (Wildman–Crippen MR) is 139 cm³/mol. The second kappa shape index (κ2) is 7.46. The summed E-state index contributed by atoms with van der Waals surface area (Å²) in [6.07, 6.45) is 13.8. The topological polar surface area (TPSA) is 69.4 Å². The van der Waals surface area contributed by atoms with Crippen LogP contribution >= 0.6 is 0 Å². The molecule has 5 aliphatic carbocycles. The highest BCUT2D eigenvalue weighted by Gasteiger charge is 2.67. The number of fused-ring (bicyclic) bond motifs is 7. The van der Waals surface area contributed by atoms with Crippen LogP contribution in [0, 0.1) is 33.0 Å². The van der Waals surface area contributed by atoms with E-state index in [1.165, 1.54) is 17.6 Å². The van der Waals surface area contributed by atoms with Crippen LogP contribution in [0.3, 0.4) is 0 Å². The minimum atomic E-state index is -0.421. The summed E-state index contributed by atoms with van der Waals surface area (Å²) in [6, 6.07) is 0. The number of hydrogen-bond acceptors (Lipinski definition) is 3. The second-order valence-electron chi connectivity index (χ2n) is 13.4. The van der Waals surface area contributed by atoms with E-state index in [-0.39, 0.29) is 33.4 Å². The van der Waals surface area contributed by atoms with Crippen LogP contribution in [0.4, 0.5) is 0 Å². The highest BCUT2D eigenvalue weighted by molar-refractivity contribution is 6.07. The first-order valence-corrected chi connectivity index (χ1v) is 13.6. The monoisotopic (exact) mass is 477 g/mol. The molecule has 0 heterocycles. The summed E-state index contributed by atoms with van der Waals surface area (Å²) in [5, 5.41) is 0. The minimum absolute atomic E-state index is 0.00168. The first kappa shape index (κ1) is 24.6. The molecular formula is C31H43NO3. The number of primary amides is 1. The second-order valence-corrected chi connectivity index (χ2v) is 13.4. The molecule has 0 aliphatic heterocycles. The maximum atomic E-state index is 13.1. The van der Waals surface area contributed by atoms with E-state index in [0.717, 1.165) is 49.7 Å². The van der Waals surface area contributed by atoms with Crippen molar-refractivity contribution in [2.24, 2.45) is 38.7 Å². The quantitative estimate of drug-likeness (QED) is 0.499. The van der Waals surface area contributed by atoms with Crippen molar-refractivity contribution in [3.63, 3.8) is 0 Å². The highest BCUT2D eigenvalue weighted by Crippen LogP contribution is 2.75. The molecule has 35 heavy (non-hydrogen) atoms. The van der Waals surface area contributed by atoms with Gasteiger partial charge in [-0.25, -0.2) is 0 Å². The van der Waals surface area contributed by atoms with E-state index < -0.39 is 5.41 Å². The first-order valence-electron chi connectivity index (χ1n) is 13.6. The third-order valence-electron chi connectivity index (χ3n) is 11.7. The maximum Gasteiger partial charge on any atom is 0.223 e. The van der Waals surface area contributed by atoms with E-state index in [2.05, 4.69) is 46.8 Å². The molecule has 6 atom stereocenters. The average Bonchev–Trinajstić information content (AvgIpc) is 2.80. The van der Waals surface area contributed by atoms with Crippen LogP contribution in [0.1, 0.15) is 93.4 Å². The van der Waals surface area contributed by atoms with Crippen LogP contribution in [-0.2, 0) is 14.3 Å². The van der Waals surface area contributed by atoms with Gasteiger partial charge in [-0.3, -0.25) is 9.59 Å². The molecule has 3 fully saturated rings. The van der Waals surface area contributed by atoms with Crippen molar-refractivity contribution in [2.45, 2.75) is 93.4 Å². The Bertz CT molecular complexity index is 1140. The smallest absolute Gasteiger partial charge is 0.223 e. The molecule has 0 saturated heterocycles. The van der Waals surface area contributed by atoms with Gasteiger partial charge in [0.25, 0.3) is 0 Å². The Kier molecular flexibility index (Phi) is 5.24. The molecule has 0 spiro atoms. The number of hydrogen-bond donors (Lipinski definition) is 1. The molecule has 0 radical (unpaired) electrons. The van der Waals surface area contributed by atoms with Gasteiger partial charge in [0.1, 0.15) is 0 Å². The lowest BCUT2D eigenvalue weighted by molar-refractivity contribution is -0.167. The summed E-state index contributed by atoms with van der Waals surface area (Å²) in [7, 11) is 0. The van der Waals surface area contributed by atoms with E-state index in [9.17, 15) is 9.59 Å². The Morgan fingerprint density at radius 1 is 1.03 bits per heavy atom. The fraction of sp³-hybridized carbons (Fsp3) is 0.677. The fourth-order valence-corrected chi connectivity index (χ4v) is 9.00. The lowest BCUT2D eigenvalue weighted by Gasteiger charge is -2.70. The molecule has 0 aromatic heterocycles. The van der Waals surface area contributed by atoms with Crippen LogP contribution in [0.2, 0.25) is 0 Å². The number of amides is 1. The SMILES string of the molecule is CCOC1=C(C)C2=CC=C3[C@@](C)(CC[C@@]4(C)[C@@H]5C[C@](C)(C(N)=O)CC[C@]5(C)CC[C@]34C)C2=CC1=O. The molecule has 0 aromatic rings. The number of nitrogens with two attached hydrogens (primary N) is 1. The molecule has 5 aliphatic rings. The first-order chi connectivity index (χ1) is 16.3. The molecule has 4 heteroatoms. The van der Waals surface area contributed by atoms with E-state index in [1.54, 1.807) is 0 Å². The third-order valence-corrected chi connectivity index (χ3v) is 11.7. The number of rotatable bonds is 3. The van der Waals surface area contributed by atoms with Gasteiger partial charge in [0, 0.05) is 16.4 Å². The van der Waals surface area contributed by atoms with Crippen molar-refractivity contribution in [3.05, 3.63) is 46.3 Å². The number of ether oxygens (including phenoxy) is 1. The zero-order valence-corrected chi connectivity index (χ0v) is 22.8. The van der Waals surface area contributed by atoms with Gasteiger partial charge >= 0.3 is 0 Å². The van der Waals surface area contributed by atoms with E-state index in [4.69, 9.17) is 10.5 Å². The lowest BCUT2D eigenvalue weighted by atomic mass is 9.34. The normalized spacial score (nSPS) is 44.7. The van der Waals surface area contributed by atoms with E-state index >= 15 is 0 Å². The molecule has 0 unspecified atom stereocenters. The average molecular weight is 478 g/mol. The Morgan fingerprint density at radius 3 is 2.37 bits per heavy atom. The third kappa shape index (κ3) is 3.04. The zero-order chi connectivity index (χ0) is 25.6. The molecule has 1 amide bonds. The van der Waals surface area contributed by atoms with Crippen molar-refractivity contribution in [3.8, 4) is 0 Å². The molecule has 0 aromatic carbocycles. The van der Waals surface area contributed by atoms with Crippen molar-refractivity contribution >= 4 is 11.7 Å². The highest BCUT2D eigenvalue weighted by atomic mass is 16.5. The van der Waals surface area contributed by atoms with Gasteiger partial charge in [0.05, 0.1) is 6.61 Å². The largest absolute Gasteiger partial charge is 0.489 e. The maximum absolute atomic E-state index is 13.1. The van der Waals surface area contributed by atoms with Gasteiger partial charge < -0.3 is 10.5 Å². The lowest BCUT2D eigenvalue weighted by Crippen LogP contribution is -2.62. The molecular weight excluding hydrogens is 434 g/mol. The standard InChI is InChI=1S/C31H43NO3/c1-8-35-25-19(2)20-9-10-23-29(5,21(20)17-22(25)33)14-16-31(7)24-18-28(4,26(32)34)12-11-27(24,3)13-15-30(23,31)6/h9-10,17,24H,8,11-16,18H2,1-7H3,(H2,32,34)/t24-,27-,28-,29+,30-,31+/m1/s1. The van der Waals surface area contributed by atoms with Crippen molar-refractivity contribution in [2.75, 3.05) is 6.61 Å². The Balaban J connectivity index is 1.62. The summed E-state index contributed by atoms with van der Waals surface area (Å²) in [6.45, 7) is 16.3. The van der Waals surface area contributed by atoms with Crippen LogP contribution < -0.4 is 5.73 Å². The van der Waals surface area contributed by atoms with Crippen LogP contribution in [-0.4, -0.2) is 18.3 Å². The van der Waals surface area contributed by atoms with Gasteiger partial charge in [0.15, 0.2) is 5.76 Å². The molecule has 0 bridgehead atoms. The molecule has 5 rings (SSSR count). The van der Waals surface area contributed by atoms with Crippen molar-refractivity contribution < 1.29 is 14.3 Å². The van der Waals surface area contributed by atoms with Gasteiger partial charge in [0.2, 0.25) is 11.7 Å². The van der Waals surface area contributed by atoms with E-state index in [1.807, 2.05) is 19.9 Å². The van der Waals surface area contributed by atoms with Crippen LogP contribution in [0.25, 0.3) is 0 Å². The van der Waals surface area contributed by atoms with Gasteiger partial charge in [-0.2, -0.15) is 0 Å².